The molecule has 1 amide bonds. The second-order valence-electron chi connectivity index (χ2n) is 5.37. The first-order valence-corrected chi connectivity index (χ1v) is 7.75. The number of aryl methyl sites for hydroxylation is 1. The zero-order valence-electron chi connectivity index (χ0n) is 13.8. The van der Waals surface area contributed by atoms with Crippen molar-refractivity contribution in [3.8, 4) is 5.75 Å². The molecule has 11 heteroatoms. The minimum absolute atomic E-state index is 0.0427. The minimum atomic E-state index is -2.73. The number of aromatic nitrogens is 2. The molecule has 2 aromatic rings. The number of benzene rings is 1. The fourth-order valence-electron chi connectivity index (χ4n) is 2.17. The van der Waals surface area contributed by atoms with Crippen molar-refractivity contribution in [1.29, 1.82) is 0 Å². The molecule has 0 bridgehead atoms. The van der Waals surface area contributed by atoms with Crippen LogP contribution in [0.1, 0.15) is 11.4 Å². The van der Waals surface area contributed by atoms with Crippen molar-refractivity contribution in [3.05, 3.63) is 44.7 Å². The number of ether oxygens (including phenoxy) is 1. The monoisotopic (exact) mass is 388 g/mol. The summed E-state index contributed by atoms with van der Waals surface area (Å²) in [5, 5.41) is 18.0. The van der Waals surface area contributed by atoms with E-state index in [-0.39, 0.29) is 18.0 Å². The maximum absolute atomic E-state index is 12.3. The summed E-state index contributed by atoms with van der Waals surface area (Å²) in [5.41, 5.74) is 0.802. The Hall–Kier alpha value is -2.75. The maximum atomic E-state index is 12.3. The number of carbonyl (C=O) groups is 1. The van der Waals surface area contributed by atoms with Gasteiger partial charge in [-0.3, -0.25) is 19.6 Å². The van der Waals surface area contributed by atoms with Crippen LogP contribution < -0.4 is 10.1 Å². The van der Waals surface area contributed by atoms with Crippen LogP contribution in [0.4, 0.5) is 20.2 Å². The number of anilines is 1. The topological polar surface area (TPSA) is 99.3 Å². The predicted octanol–water partition coefficient (Wildman–Crippen LogP) is 3.34. The first-order chi connectivity index (χ1) is 12.2. The highest BCUT2D eigenvalue weighted by Crippen LogP contribution is 2.26. The van der Waals surface area contributed by atoms with E-state index < -0.39 is 29.6 Å². The van der Waals surface area contributed by atoms with Crippen LogP contribution in [-0.2, 0) is 11.3 Å². The standard InChI is InChI=1S/C15H15ClF2N4O4/c1-8-15(16)9(2)21(20-8)6-14(23)19-10-3-11(22(24)25)5-12(4-10)26-7-13(17)18/h3-5,13H,6-7H2,1-2H3,(H,19,23). The zero-order chi connectivity index (χ0) is 19.4. The molecule has 8 nitrogen and oxygen atoms in total. The summed E-state index contributed by atoms with van der Waals surface area (Å²) in [6.07, 6.45) is -2.73. The number of nitrogens with one attached hydrogen (secondary N) is 1. The van der Waals surface area contributed by atoms with Gasteiger partial charge in [0, 0.05) is 12.1 Å². The van der Waals surface area contributed by atoms with Gasteiger partial charge < -0.3 is 10.1 Å². The molecular formula is C15H15ClF2N4O4. The normalized spacial score (nSPS) is 10.8. The van der Waals surface area contributed by atoms with Crippen molar-refractivity contribution in [1.82, 2.24) is 9.78 Å². The second kappa shape index (κ2) is 8.09. The molecule has 0 aliphatic rings. The molecule has 0 unspecified atom stereocenters. The molecule has 140 valence electrons. The number of nitrogens with zero attached hydrogens (tertiary/aromatic N) is 3. The molecule has 0 atom stereocenters. The highest BCUT2D eigenvalue weighted by molar-refractivity contribution is 6.31. The minimum Gasteiger partial charge on any atom is -0.487 e. The fraction of sp³-hybridized carbons (Fsp3) is 0.333. The van der Waals surface area contributed by atoms with E-state index in [4.69, 9.17) is 16.3 Å². The molecule has 2 rings (SSSR count). The Morgan fingerprint density at radius 3 is 2.65 bits per heavy atom. The Labute approximate surface area is 151 Å². The number of non-ortho nitro benzene ring substituents is 1. The van der Waals surface area contributed by atoms with Crippen LogP contribution in [0.15, 0.2) is 18.2 Å². The van der Waals surface area contributed by atoms with E-state index >= 15 is 0 Å². The highest BCUT2D eigenvalue weighted by atomic mass is 35.5. The summed E-state index contributed by atoms with van der Waals surface area (Å²) >= 11 is 6.01. The van der Waals surface area contributed by atoms with Crippen molar-refractivity contribution in [2.45, 2.75) is 26.8 Å². The van der Waals surface area contributed by atoms with Crippen molar-refractivity contribution >= 4 is 28.9 Å². The van der Waals surface area contributed by atoms with Crippen molar-refractivity contribution in [2.24, 2.45) is 0 Å². The third-order valence-electron chi connectivity index (χ3n) is 3.35. The number of amides is 1. The van der Waals surface area contributed by atoms with Gasteiger partial charge in [0.05, 0.1) is 33.1 Å². The number of halogens is 3. The van der Waals surface area contributed by atoms with Gasteiger partial charge in [-0.15, -0.1) is 0 Å². The molecule has 26 heavy (non-hydrogen) atoms. The van der Waals surface area contributed by atoms with Gasteiger partial charge >= 0.3 is 0 Å². The molecule has 0 spiro atoms. The molecule has 0 radical (unpaired) electrons. The van der Waals surface area contributed by atoms with Crippen molar-refractivity contribution in [2.75, 3.05) is 11.9 Å². The summed E-state index contributed by atoms with van der Waals surface area (Å²) in [5.74, 6) is -0.670. The first kappa shape index (κ1) is 19.6. The number of rotatable bonds is 7. The lowest BCUT2D eigenvalue weighted by Crippen LogP contribution is -2.20. The smallest absolute Gasteiger partial charge is 0.275 e. The molecule has 0 saturated heterocycles. The predicted molar refractivity (Wildman–Crippen MR) is 89.9 cm³/mol. The molecule has 0 aliphatic heterocycles. The zero-order valence-corrected chi connectivity index (χ0v) is 14.6. The van der Waals surface area contributed by atoms with E-state index in [1.165, 1.54) is 10.7 Å². The van der Waals surface area contributed by atoms with Crippen LogP contribution in [0, 0.1) is 24.0 Å². The van der Waals surface area contributed by atoms with Gasteiger partial charge in [-0.1, -0.05) is 11.6 Å². The summed E-state index contributed by atoms with van der Waals surface area (Å²) < 4.78 is 30.7. The van der Waals surface area contributed by atoms with Crippen LogP contribution in [0.5, 0.6) is 5.75 Å². The van der Waals surface area contributed by atoms with E-state index in [9.17, 15) is 23.7 Å². The average Bonchev–Trinajstić information content (AvgIpc) is 2.79. The Kier molecular flexibility index (Phi) is 6.09. The van der Waals surface area contributed by atoms with Gasteiger partial charge in [0.1, 0.15) is 18.9 Å². The molecule has 1 N–H and O–H groups in total. The Balaban J connectivity index is 2.17. The van der Waals surface area contributed by atoms with Gasteiger partial charge in [-0.05, 0) is 13.8 Å². The molecular weight excluding hydrogens is 374 g/mol. The maximum Gasteiger partial charge on any atom is 0.275 e. The molecule has 0 saturated carbocycles. The third kappa shape index (κ3) is 4.88. The van der Waals surface area contributed by atoms with Crippen LogP contribution in [0.2, 0.25) is 5.02 Å². The van der Waals surface area contributed by atoms with Crippen LogP contribution >= 0.6 is 11.6 Å². The highest BCUT2D eigenvalue weighted by Gasteiger charge is 2.16. The van der Waals surface area contributed by atoms with E-state index in [0.717, 1.165) is 12.1 Å². The van der Waals surface area contributed by atoms with Crippen molar-refractivity contribution < 1.29 is 23.2 Å². The Bertz CT molecular complexity index is 841. The van der Waals surface area contributed by atoms with Gasteiger partial charge in [0.25, 0.3) is 12.1 Å². The van der Waals surface area contributed by atoms with Crippen LogP contribution in [-0.4, -0.2) is 33.6 Å². The molecule has 1 aromatic heterocycles. The lowest BCUT2D eigenvalue weighted by molar-refractivity contribution is -0.384. The molecule has 1 aromatic carbocycles. The molecule has 0 fully saturated rings. The Morgan fingerprint density at radius 1 is 1.42 bits per heavy atom. The molecule has 0 aliphatic carbocycles. The van der Waals surface area contributed by atoms with Gasteiger partial charge in [-0.2, -0.15) is 5.10 Å². The van der Waals surface area contributed by atoms with E-state index in [0.29, 0.717) is 16.4 Å². The van der Waals surface area contributed by atoms with Gasteiger partial charge in [0.2, 0.25) is 5.91 Å². The number of hydrogen-bond donors (Lipinski definition) is 1. The lowest BCUT2D eigenvalue weighted by atomic mass is 10.2. The largest absolute Gasteiger partial charge is 0.487 e. The summed E-state index contributed by atoms with van der Waals surface area (Å²) in [7, 11) is 0. The van der Waals surface area contributed by atoms with Gasteiger partial charge in [0.15, 0.2) is 0 Å². The number of nitro groups is 1. The molecule has 1 heterocycles. The third-order valence-corrected chi connectivity index (χ3v) is 3.90. The average molecular weight is 389 g/mol. The van der Waals surface area contributed by atoms with Crippen molar-refractivity contribution in [3.63, 3.8) is 0 Å². The summed E-state index contributed by atoms with van der Waals surface area (Å²) in [4.78, 5) is 22.4. The number of hydrogen-bond acceptors (Lipinski definition) is 5. The van der Waals surface area contributed by atoms with Gasteiger partial charge in [-0.25, -0.2) is 8.78 Å². The SMILES string of the molecule is Cc1nn(CC(=O)Nc2cc(OCC(F)F)cc([N+](=O)[O-])c2)c(C)c1Cl. The summed E-state index contributed by atoms with van der Waals surface area (Å²) in [6.45, 7) is 2.30. The first-order valence-electron chi connectivity index (χ1n) is 7.37. The fourth-order valence-corrected chi connectivity index (χ4v) is 2.30. The van der Waals surface area contributed by atoms with Crippen LogP contribution in [0.3, 0.4) is 0 Å². The lowest BCUT2D eigenvalue weighted by Gasteiger charge is -2.10. The second-order valence-corrected chi connectivity index (χ2v) is 5.74. The number of carbonyl (C=O) groups excluding carboxylic acids is 1. The summed E-state index contributed by atoms with van der Waals surface area (Å²) in [6, 6.07) is 3.32. The quantitative estimate of drug-likeness (QED) is 0.579. The van der Waals surface area contributed by atoms with E-state index in [1.807, 2.05) is 0 Å². The van der Waals surface area contributed by atoms with E-state index in [1.54, 1.807) is 13.8 Å². The Morgan fingerprint density at radius 2 is 2.12 bits per heavy atom. The van der Waals surface area contributed by atoms with E-state index in [2.05, 4.69) is 10.4 Å². The number of alkyl halides is 2. The number of nitro benzene ring substituents is 1. The van der Waals surface area contributed by atoms with Crippen LogP contribution in [0.25, 0.3) is 0 Å².